The molecule has 6 heteroatoms. The van der Waals surface area contributed by atoms with E-state index < -0.39 is 12.1 Å². The fourth-order valence-corrected chi connectivity index (χ4v) is 12.3. The van der Waals surface area contributed by atoms with Gasteiger partial charge in [-0.15, -0.1) is 0 Å². The molecule has 0 aliphatic rings. The summed E-state index contributed by atoms with van der Waals surface area (Å²) < 4.78 is 5.51. The first-order valence-corrected chi connectivity index (χ1v) is 38.8. The lowest BCUT2D eigenvalue weighted by molar-refractivity contribution is -0.143. The summed E-state index contributed by atoms with van der Waals surface area (Å²) in [6.07, 6.45) is 97.0. The normalized spacial score (nSPS) is 12.7. The molecule has 0 rings (SSSR count). The number of esters is 1. The second kappa shape index (κ2) is 74.5. The molecule has 2 atom stereocenters. The highest BCUT2D eigenvalue weighted by Gasteiger charge is 2.18. The van der Waals surface area contributed by atoms with Gasteiger partial charge in [-0.05, 0) is 64.2 Å². The van der Waals surface area contributed by atoms with Crippen LogP contribution < -0.4 is 5.32 Å². The van der Waals surface area contributed by atoms with Gasteiger partial charge in [0.2, 0.25) is 5.91 Å². The van der Waals surface area contributed by atoms with E-state index in [2.05, 4.69) is 43.5 Å². The largest absolute Gasteiger partial charge is 0.466 e. The van der Waals surface area contributed by atoms with Gasteiger partial charge in [0.1, 0.15) is 0 Å². The van der Waals surface area contributed by atoms with E-state index in [-0.39, 0.29) is 18.5 Å². The van der Waals surface area contributed by atoms with E-state index in [0.717, 1.165) is 44.9 Å². The topological polar surface area (TPSA) is 95.9 Å². The number of aliphatic hydroxyl groups is 2. The average molecular weight is 1200 g/mol. The summed E-state index contributed by atoms with van der Waals surface area (Å²) in [5.74, 6) is -0.0391. The summed E-state index contributed by atoms with van der Waals surface area (Å²) in [4.78, 5) is 24.6. The van der Waals surface area contributed by atoms with Crippen LogP contribution in [-0.2, 0) is 14.3 Å². The Kier molecular flexibility index (Phi) is 72.9. The molecule has 0 aromatic carbocycles. The third kappa shape index (κ3) is 71.0. The Morgan fingerprint density at radius 3 is 0.894 bits per heavy atom. The van der Waals surface area contributed by atoms with Gasteiger partial charge in [-0.2, -0.15) is 0 Å². The fourth-order valence-electron chi connectivity index (χ4n) is 12.3. The standard InChI is InChI=1S/C79H151NO5/c1-3-5-7-9-11-13-15-17-18-42-46-49-53-57-61-65-69-73-79(84)85-74-70-66-62-58-54-50-47-44-41-39-37-35-33-31-29-27-25-23-21-19-20-22-24-26-28-30-32-34-36-38-40-43-45-48-52-56-60-64-68-72-78(83)80-76(75-81)77(82)71-67-63-59-55-51-16-14-12-10-8-6-4-2/h19-20,23,25,67,71,76-77,81-82H,3-18,21-22,24,26-66,68-70,72-75H2,1-2H3,(H,80,83)/b20-19-,25-23-,71-67+. The van der Waals surface area contributed by atoms with E-state index in [1.807, 2.05) is 6.08 Å². The van der Waals surface area contributed by atoms with E-state index in [9.17, 15) is 19.8 Å². The van der Waals surface area contributed by atoms with Crippen molar-refractivity contribution in [3.63, 3.8) is 0 Å². The van der Waals surface area contributed by atoms with Gasteiger partial charge >= 0.3 is 5.97 Å². The molecule has 0 aliphatic heterocycles. The van der Waals surface area contributed by atoms with Gasteiger partial charge in [0, 0.05) is 12.8 Å². The molecule has 0 aromatic heterocycles. The Bertz CT molecular complexity index is 1380. The second-order valence-corrected chi connectivity index (χ2v) is 26.7. The van der Waals surface area contributed by atoms with Crippen molar-refractivity contribution >= 4 is 11.9 Å². The molecule has 3 N–H and O–H groups in total. The van der Waals surface area contributed by atoms with E-state index in [1.165, 1.54) is 360 Å². The quantitative estimate of drug-likeness (QED) is 0.0320. The molecule has 0 bridgehead atoms. The van der Waals surface area contributed by atoms with Crippen LogP contribution in [0.4, 0.5) is 0 Å². The van der Waals surface area contributed by atoms with E-state index >= 15 is 0 Å². The van der Waals surface area contributed by atoms with Crippen molar-refractivity contribution in [1.82, 2.24) is 5.32 Å². The van der Waals surface area contributed by atoms with Crippen molar-refractivity contribution in [3.05, 3.63) is 36.5 Å². The number of hydrogen-bond acceptors (Lipinski definition) is 5. The predicted molar refractivity (Wildman–Crippen MR) is 375 cm³/mol. The highest BCUT2D eigenvalue weighted by atomic mass is 16.5. The lowest BCUT2D eigenvalue weighted by atomic mass is 10.0. The smallest absolute Gasteiger partial charge is 0.305 e. The first-order chi connectivity index (χ1) is 42.0. The van der Waals surface area contributed by atoms with Crippen molar-refractivity contribution in [3.8, 4) is 0 Å². The molecule has 0 saturated heterocycles. The Morgan fingerprint density at radius 1 is 0.329 bits per heavy atom. The summed E-state index contributed by atoms with van der Waals surface area (Å²) in [5, 5.41) is 23.1. The number of rotatable bonds is 73. The number of carbonyl (C=O) groups excluding carboxylic acids is 2. The minimum absolute atomic E-state index is 0.0247. The first-order valence-electron chi connectivity index (χ1n) is 38.8. The van der Waals surface area contributed by atoms with Gasteiger partial charge in [0.05, 0.1) is 25.4 Å². The Morgan fingerprint density at radius 2 is 0.588 bits per heavy atom. The zero-order valence-corrected chi connectivity index (χ0v) is 57.6. The summed E-state index contributed by atoms with van der Waals surface area (Å²) in [7, 11) is 0. The molecule has 85 heavy (non-hydrogen) atoms. The monoisotopic (exact) mass is 1190 g/mol. The highest BCUT2D eigenvalue weighted by molar-refractivity contribution is 5.76. The maximum Gasteiger partial charge on any atom is 0.305 e. The Hall–Kier alpha value is -1.92. The molecule has 0 spiro atoms. The van der Waals surface area contributed by atoms with E-state index in [1.54, 1.807) is 6.08 Å². The molecule has 1 amide bonds. The summed E-state index contributed by atoms with van der Waals surface area (Å²) >= 11 is 0. The van der Waals surface area contributed by atoms with Crippen LogP contribution in [0.2, 0.25) is 0 Å². The van der Waals surface area contributed by atoms with Crippen molar-refractivity contribution in [2.75, 3.05) is 13.2 Å². The highest BCUT2D eigenvalue weighted by Crippen LogP contribution is 2.19. The Labute approximate surface area is 532 Å². The number of amides is 1. The second-order valence-electron chi connectivity index (χ2n) is 26.7. The summed E-state index contributed by atoms with van der Waals surface area (Å²) in [5.41, 5.74) is 0. The molecule has 6 nitrogen and oxygen atoms in total. The fraction of sp³-hybridized carbons (Fsp3) is 0.899. The lowest BCUT2D eigenvalue weighted by Crippen LogP contribution is -2.45. The molecule has 0 heterocycles. The number of ether oxygens (including phenoxy) is 1. The molecule has 0 aromatic rings. The van der Waals surface area contributed by atoms with Gasteiger partial charge in [-0.25, -0.2) is 0 Å². The third-order valence-electron chi connectivity index (χ3n) is 18.2. The maximum absolute atomic E-state index is 12.5. The van der Waals surface area contributed by atoms with Crippen LogP contribution >= 0.6 is 0 Å². The first kappa shape index (κ1) is 83.1. The predicted octanol–water partition coefficient (Wildman–Crippen LogP) is 25.4. The summed E-state index contributed by atoms with van der Waals surface area (Å²) in [6.45, 7) is 4.94. The SMILES string of the molecule is CCCCCCCCCCCC/C=C/C(O)C(CO)NC(=O)CCCCCCCCCCCCCCCCCCC/C=C\C/C=C\CCCCCCCCCCCCCCCCCOC(=O)CCCCCCCCCCCCCCCCCCC. The van der Waals surface area contributed by atoms with Crippen molar-refractivity contribution < 1.29 is 24.5 Å². The molecule has 0 saturated carbocycles. The number of carbonyl (C=O) groups is 2. The number of nitrogens with one attached hydrogen (secondary N) is 1. The Balaban J connectivity index is 3.33. The molecular formula is C79H151NO5. The zero-order valence-electron chi connectivity index (χ0n) is 57.6. The van der Waals surface area contributed by atoms with Gasteiger partial charge < -0.3 is 20.3 Å². The lowest BCUT2D eigenvalue weighted by Gasteiger charge is -2.20. The molecule has 0 radical (unpaired) electrons. The van der Waals surface area contributed by atoms with Crippen LogP contribution in [0.15, 0.2) is 36.5 Å². The van der Waals surface area contributed by atoms with Gasteiger partial charge in [0.15, 0.2) is 0 Å². The number of aliphatic hydroxyl groups excluding tert-OH is 2. The van der Waals surface area contributed by atoms with Crippen molar-refractivity contribution in [1.29, 1.82) is 0 Å². The summed E-state index contributed by atoms with van der Waals surface area (Å²) in [6, 6.07) is -0.624. The van der Waals surface area contributed by atoms with Gasteiger partial charge in [-0.3, -0.25) is 9.59 Å². The van der Waals surface area contributed by atoms with Crippen LogP contribution in [-0.4, -0.2) is 47.4 Å². The van der Waals surface area contributed by atoms with Crippen molar-refractivity contribution in [2.24, 2.45) is 0 Å². The minimum atomic E-state index is -0.841. The van der Waals surface area contributed by atoms with Crippen LogP contribution in [0.5, 0.6) is 0 Å². The minimum Gasteiger partial charge on any atom is -0.466 e. The number of unbranched alkanes of at least 4 members (excludes halogenated alkanes) is 58. The molecule has 2 unspecified atom stereocenters. The number of hydrogen-bond donors (Lipinski definition) is 3. The molecule has 502 valence electrons. The van der Waals surface area contributed by atoms with Crippen LogP contribution in [0.3, 0.4) is 0 Å². The van der Waals surface area contributed by atoms with Gasteiger partial charge in [0.25, 0.3) is 0 Å². The molecule has 0 fully saturated rings. The van der Waals surface area contributed by atoms with Crippen LogP contribution in [0.1, 0.15) is 431 Å². The van der Waals surface area contributed by atoms with E-state index in [0.29, 0.717) is 19.4 Å². The van der Waals surface area contributed by atoms with Crippen molar-refractivity contribution in [2.45, 2.75) is 443 Å². The molecule has 0 aliphatic carbocycles. The maximum atomic E-state index is 12.5. The van der Waals surface area contributed by atoms with E-state index in [4.69, 9.17) is 4.74 Å². The van der Waals surface area contributed by atoms with Gasteiger partial charge in [-0.1, -0.05) is 391 Å². The molecular weight excluding hydrogens is 1040 g/mol. The van der Waals surface area contributed by atoms with Crippen LogP contribution in [0, 0.1) is 0 Å². The zero-order chi connectivity index (χ0) is 61.3. The third-order valence-corrected chi connectivity index (χ3v) is 18.2. The number of allylic oxidation sites excluding steroid dienone is 5. The van der Waals surface area contributed by atoms with Crippen LogP contribution in [0.25, 0.3) is 0 Å². The average Bonchev–Trinajstić information content (AvgIpc) is 3.52.